The Balaban J connectivity index is 2.03. The van der Waals surface area contributed by atoms with E-state index in [2.05, 4.69) is 10.6 Å². The van der Waals surface area contributed by atoms with Gasteiger partial charge in [0.1, 0.15) is 0 Å². The average Bonchev–Trinajstić information content (AvgIpc) is 2.95. The van der Waals surface area contributed by atoms with E-state index < -0.39 is 6.03 Å². The molecule has 0 spiro atoms. The Bertz CT molecular complexity index is 561. The summed E-state index contributed by atoms with van der Waals surface area (Å²) in [5.74, 6) is 0.564. The standard InChI is InChI=1S/C17H26N4O2/c1-12-4-3-5-14(8-12)15(20-17(18)23)9-16(22)21-7-6-13(11-21)10-19-2/h3-5,8,13,15,19H,6-7,9-11H2,1-2H3,(H3,18,20,23)/t13-,15+/m1/s1. The number of rotatable bonds is 6. The van der Waals surface area contributed by atoms with Gasteiger partial charge in [0.05, 0.1) is 12.5 Å². The molecule has 0 aliphatic carbocycles. The molecule has 0 radical (unpaired) electrons. The number of hydrogen-bond acceptors (Lipinski definition) is 3. The summed E-state index contributed by atoms with van der Waals surface area (Å²) in [5.41, 5.74) is 7.27. The van der Waals surface area contributed by atoms with Crippen LogP contribution in [-0.2, 0) is 4.79 Å². The molecule has 0 saturated carbocycles. The van der Waals surface area contributed by atoms with Crippen LogP contribution in [-0.4, -0.2) is 43.5 Å². The van der Waals surface area contributed by atoms with Gasteiger partial charge in [-0.05, 0) is 38.4 Å². The molecule has 126 valence electrons. The van der Waals surface area contributed by atoms with E-state index in [-0.39, 0.29) is 18.4 Å². The van der Waals surface area contributed by atoms with Crippen LogP contribution in [0.1, 0.15) is 30.0 Å². The van der Waals surface area contributed by atoms with E-state index in [9.17, 15) is 9.59 Å². The largest absolute Gasteiger partial charge is 0.352 e. The van der Waals surface area contributed by atoms with Gasteiger partial charge in [-0.2, -0.15) is 0 Å². The summed E-state index contributed by atoms with van der Waals surface area (Å²) in [4.78, 5) is 25.7. The van der Waals surface area contributed by atoms with E-state index in [1.165, 1.54) is 0 Å². The maximum absolute atomic E-state index is 12.6. The van der Waals surface area contributed by atoms with Crippen LogP contribution < -0.4 is 16.4 Å². The van der Waals surface area contributed by atoms with Crippen LogP contribution in [0.25, 0.3) is 0 Å². The Hall–Kier alpha value is -2.08. The second-order valence-corrected chi connectivity index (χ2v) is 6.23. The highest BCUT2D eigenvalue weighted by molar-refractivity contribution is 5.79. The van der Waals surface area contributed by atoms with Gasteiger partial charge in [-0.3, -0.25) is 4.79 Å². The highest BCUT2D eigenvalue weighted by Crippen LogP contribution is 2.22. The number of nitrogens with zero attached hydrogens (tertiary/aromatic N) is 1. The fourth-order valence-corrected chi connectivity index (χ4v) is 3.13. The highest BCUT2D eigenvalue weighted by atomic mass is 16.2. The third-order valence-corrected chi connectivity index (χ3v) is 4.27. The van der Waals surface area contributed by atoms with Gasteiger partial charge in [0, 0.05) is 13.1 Å². The molecule has 6 nitrogen and oxygen atoms in total. The first-order chi connectivity index (χ1) is 11.0. The van der Waals surface area contributed by atoms with Crippen molar-refractivity contribution in [3.8, 4) is 0 Å². The summed E-state index contributed by atoms with van der Waals surface area (Å²) >= 11 is 0. The SMILES string of the molecule is CNC[C@H]1CCN(C(=O)C[C@H](NC(N)=O)c2cccc(C)c2)C1. The molecule has 6 heteroatoms. The van der Waals surface area contributed by atoms with E-state index >= 15 is 0 Å². The number of hydrogen-bond donors (Lipinski definition) is 3. The number of carbonyl (C=O) groups excluding carboxylic acids is 2. The zero-order chi connectivity index (χ0) is 16.8. The molecule has 3 amide bonds. The Morgan fingerprint density at radius 1 is 1.43 bits per heavy atom. The third-order valence-electron chi connectivity index (χ3n) is 4.27. The number of benzene rings is 1. The monoisotopic (exact) mass is 318 g/mol. The predicted molar refractivity (Wildman–Crippen MR) is 89.9 cm³/mol. The summed E-state index contributed by atoms with van der Waals surface area (Å²) in [6.07, 6.45) is 1.25. The third kappa shape index (κ3) is 4.96. The fraction of sp³-hybridized carbons (Fsp3) is 0.529. The van der Waals surface area contributed by atoms with Crippen molar-refractivity contribution < 1.29 is 9.59 Å². The summed E-state index contributed by atoms with van der Waals surface area (Å²) in [6, 6.07) is 6.79. The lowest BCUT2D eigenvalue weighted by Crippen LogP contribution is -2.38. The van der Waals surface area contributed by atoms with Crippen molar-refractivity contribution in [2.24, 2.45) is 11.7 Å². The maximum atomic E-state index is 12.6. The molecule has 1 aromatic rings. The lowest BCUT2D eigenvalue weighted by molar-refractivity contribution is -0.130. The van der Waals surface area contributed by atoms with Crippen LogP contribution in [0, 0.1) is 12.8 Å². The second kappa shape index (κ2) is 7.97. The number of nitrogens with two attached hydrogens (primary N) is 1. The van der Waals surface area contributed by atoms with Gasteiger partial charge in [-0.25, -0.2) is 4.79 Å². The van der Waals surface area contributed by atoms with Crippen molar-refractivity contribution in [3.05, 3.63) is 35.4 Å². The summed E-state index contributed by atoms with van der Waals surface area (Å²) in [7, 11) is 1.93. The van der Waals surface area contributed by atoms with Gasteiger partial charge in [-0.15, -0.1) is 0 Å². The van der Waals surface area contributed by atoms with E-state index in [4.69, 9.17) is 5.73 Å². The lowest BCUT2D eigenvalue weighted by Gasteiger charge is -2.22. The molecule has 23 heavy (non-hydrogen) atoms. The molecule has 0 bridgehead atoms. The molecule has 1 heterocycles. The van der Waals surface area contributed by atoms with Crippen LogP contribution in [0.4, 0.5) is 4.79 Å². The van der Waals surface area contributed by atoms with Crippen molar-refractivity contribution in [1.82, 2.24) is 15.5 Å². The zero-order valence-electron chi connectivity index (χ0n) is 13.8. The Kier molecular flexibility index (Phi) is 5.98. The van der Waals surface area contributed by atoms with Gasteiger partial charge in [-0.1, -0.05) is 29.8 Å². The summed E-state index contributed by atoms with van der Waals surface area (Å²) in [5, 5.41) is 5.85. The molecule has 1 fully saturated rings. The molecule has 2 atom stereocenters. The Morgan fingerprint density at radius 3 is 2.87 bits per heavy atom. The first-order valence-corrected chi connectivity index (χ1v) is 8.04. The molecule has 0 aromatic heterocycles. The summed E-state index contributed by atoms with van der Waals surface area (Å²) in [6.45, 7) is 4.46. The number of urea groups is 1. The van der Waals surface area contributed by atoms with Crippen molar-refractivity contribution in [2.75, 3.05) is 26.7 Å². The smallest absolute Gasteiger partial charge is 0.312 e. The number of carbonyl (C=O) groups is 2. The van der Waals surface area contributed by atoms with Crippen LogP contribution in [0.3, 0.4) is 0 Å². The van der Waals surface area contributed by atoms with Crippen molar-refractivity contribution in [1.29, 1.82) is 0 Å². The number of likely N-dealkylation sites (tertiary alicyclic amines) is 1. The first-order valence-electron chi connectivity index (χ1n) is 8.04. The Labute approximate surface area is 137 Å². The minimum absolute atomic E-state index is 0.0591. The van der Waals surface area contributed by atoms with Crippen LogP contribution in [0.5, 0.6) is 0 Å². The number of primary amides is 1. The minimum Gasteiger partial charge on any atom is -0.352 e. The fourth-order valence-electron chi connectivity index (χ4n) is 3.13. The van der Waals surface area contributed by atoms with E-state index in [1.54, 1.807) is 0 Å². The average molecular weight is 318 g/mol. The molecule has 1 aliphatic heterocycles. The number of nitrogens with one attached hydrogen (secondary N) is 2. The highest BCUT2D eigenvalue weighted by Gasteiger charge is 2.28. The van der Waals surface area contributed by atoms with Crippen LogP contribution >= 0.6 is 0 Å². The van der Waals surface area contributed by atoms with Crippen molar-refractivity contribution in [3.63, 3.8) is 0 Å². The van der Waals surface area contributed by atoms with Crippen LogP contribution in [0.15, 0.2) is 24.3 Å². The molecule has 1 aromatic carbocycles. The molecule has 2 rings (SSSR count). The maximum Gasteiger partial charge on any atom is 0.312 e. The van der Waals surface area contributed by atoms with Crippen molar-refractivity contribution in [2.45, 2.75) is 25.8 Å². The van der Waals surface area contributed by atoms with Gasteiger partial charge < -0.3 is 21.3 Å². The Morgan fingerprint density at radius 2 is 2.22 bits per heavy atom. The van der Waals surface area contributed by atoms with Gasteiger partial charge in [0.2, 0.25) is 5.91 Å². The lowest BCUT2D eigenvalue weighted by atomic mass is 10.0. The zero-order valence-corrected chi connectivity index (χ0v) is 13.8. The molecule has 1 aliphatic rings. The van der Waals surface area contributed by atoms with Crippen molar-refractivity contribution >= 4 is 11.9 Å². The summed E-state index contributed by atoms with van der Waals surface area (Å²) < 4.78 is 0. The van der Waals surface area contributed by atoms with E-state index in [0.717, 1.165) is 37.2 Å². The van der Waals surface area contributed by atoms with Crippen LogP contribution in [0.2, 0.25) is 0 Å². The molecule has 0 unspecified atom stereocenters. The van der Waals surface area contributed by atoms with Gasteiger partial charge >= 0.3 is 6.03 Å². The normalized spacial score (nSPS) is 18.7. The molecule has 1 saturated heterocycles. The molecular weight excluding hydrogens is 292 g/mol. The van der Waals surface area contributed by atoms with Gasteiger partial charge in [0.25, 0.3) is 0 Å². The quantitative estimate of drug-likeness (QED) is 0.735. The minimum atomic E-state index is -0.612. The predicted octanol–water partition coefficient (Wildman–Crippen LogP) is 1.16. The molecule has 4 N–H and O–H groups in total. The topological polar surface area (TPSA) is 87.5 Å². The number of aryl methyl sites for hydroxylation is 1. The van der Waals surface area contributed by atoms with E-state index in [0.29, 0.717) is 5.92 Å². The van der Waals surface area contributed by atoms with Gasteiger partial charge in [0.15, 0.2) is 0 Å². The first kappa shape index (κ1) is 17.3. The number of amides is 3. The van der Waals surface area contributed by atoms with E-state index in [1.807, 2.05) is 43.1 Å². The second-order valence-electron chi connectivity index (χ2n) is 6.23. The molecular formula is C17H26N4O2.